The molecule has 0 heterocycles. The molecule has 0 bridgehead atoms. The lowest BCUT2D eigenvalue weighted by Gasteiger charge is -2.41. The van der Waals surface area contributed by atoms with Gasteiger partial charge in [-0.3, -0.25) is 4.79 Å². The molecule has 1 aliphatic rings. The Kier molecular flexibility index (Phi) is 4.92. The molecule has 2 atom stereocenters. The van der Waals surface area contributed by atoms with Gasteiger partial charge in [-0.25, -0.2) is 0 Å². The minimum Gasteiger partial charge on any atom is -0.497 e. The Morgan fingerprint density at radius 1 is 1.33 bits per heavy atom. The SMILES string of the molecule is COc1ccc(CNC(=O)C2C(C)CCCC2(C)C)cc1. The molecule has 1 fully saturated rings. The highest BCUT2D eigenvalue weighted by Crippen LogP contribution is 2.43. The van der Waals surface area contributed by atoms with Crippen LogP contribution in [0.25, 0.3) is 0 Å². The average molecular weight is 289 g/mol. The quantitative estimate of drug-likeness (QED) is 0.916. The number of benzene rings is 1. The fourth-order valence-electron chi connectivity index (χ4n) is 3.63. The van der Waals surface area contributed by atoms with Gasteiger partial charge in [0.25, 0.3) is 0 Å². The molecule has 0 aliphatic heterocycles. The van der Waals surface area contributed by atoms with Crippen molar-refractivity contribution in [3.63, 3.8) is 0 Å². The predicted molar refractivity (Wildman–Crippen MR) is 85.1 cm³/mol. The minimum atomic E-state index is 0.0989. The number of amides is 1. The molecule has 1 aromatic carbocycles. The van der Waals surface area contributed by atoms with Crippen LogP contribution in [-0.4, -0.2) is 13.0 Å². The maximum atomic E-state index is 12.6. The Balaban J connectivity index is 1.96. The number of rotatable bonds is 4. The molecule has 3 heteroatoms. The Morgan fingerprint density at radius 2 is 2.00 bits per heavy atom. The van der Waals surface area contributed by atoms with E-state index in [1.165, 1.54) is 6.42 Å². The lowest BCUT2D eigenvalue weighted by molar-refractivity contribution is -0.133. The minimum absolute atomic E-state index is 0.0989. The molecule has 1 saturated carbocycles. The first-order valence-corrected chi connectivity index (χ1v) is 7.84. The second-order valence-corrected chi connectivity index (χ2v) is 6.90. The van der Waals surface area contributed by atoms with Gasteiger partial charge in [0.1, 0.15) is 5.75 Å². The Morgan fingerprint density at radius 3 is 2.57 bits per heavy atom. The lowest BCUT2D eigenvalue weighted by Crippen LogP contribution is -2.44. The van der Waals surface area contributed by atoms with Gasteiger partial charge in [-0.1, -0.05) is 39.3 Å². The number of nitrogens with one attached hydrogen (secondary N) is 1. The third kappa shape index (κ3) is 3.78. The molecule has 116 valence electrons. The fraction of sp³-hybridized carbons (Fsp3) is 0.611. The van der Waals surface area contributed by atoms with E-state index in [1.54, 1.807) is 7.11 Å². The first kappa shape index (κ1) is 15.9. The van der Waals surface area contributed by atoms with Crippen LogP contribution in [-0.2, 0) is 11.3 Å². The van der Waals surface area contributed by atoms with E-state index in [2.05, 4.69) is 26.1 Å². The molecular weight excluding hydrogens is 262 g/mol. The molecule has 2 rings (SSSR count). The van der Waals surface area contributed by atoms with Crippen molar-refractivity contribution < 1.29 is 9.53 Å². The number of hydrogen-bond acceptors (Lipinski definition) is 2. The summed E-state index contributed by atoms with van der Waals surface area (Å²) >= 11 is 0. The lowest BCUT2D eigenvalue weighted by atomic mass is 9.64. The van der Waals surface area contributed by atoms with Crippen LogP contribution < -0.4 is 10.1 Å². The van der Waals surface area contributed by atoms with Gasteiger partial charge >= 0.3 is 0 Å². The van der Waals surface area contributed by atoms with Gasteiger partial charge < -0.3 is 10.1 Å². The Hall–Kier alpha value is -1.51. The summed E-state index contributed by atoms with van der Waals surface area (Å²) in [6, 6.07) is 7.84. The normalized spacial score (nSPS) is 24.4. The summed E-state index contributed by atoms with van der Waals surface area (Å²) in [6.45, 7) is 7.24. The number of ether oxygens (including phenoxy) is 1. The summed E-state index contributed by atoms with van der Waals surface area (Å²) in [7, 11) is 1.66. The van der Waals surface area contributed by atoms with Crippen molar-refractivity contribution in [2.24, 2.45) is 17.3 Å². The van der Waals surface area contributed by atoms with E-state index < -0.39 is 0 Å². The number of methoxy groups -OCH3 is 1. The first-order valence-electron chi connectivity index (χ1n) is 7.84. The van der Waals surface area contributed by atoms with Crippen LogP contribution in [0, 0.1) is 17.3 Å². The monoisotopic (exact) mass is 289 g/mol. The molecule has 1 amide bonds. The van der Waals surface area contributed by atoms with Crippen LogP contribution >= 0.6 is 0 Å². The topological polar surface area (TPSA) is 38.3 Å². The van der Waals surface area contributed by atoms with Gasteiger partial charge in [-0.05, 0) is 41.9 Å². The van der Waals surface area contributed by atoms with Gasteiger partial charge in [-0.2, -0.15) is 0 Å². The maximum absolute atomic E-state index is 12.6. The first-order chi connectivity index (χ1) is 9.94. The molecule has 3 nitrogen and oxygen atoms in total. The molecule has 0 saturated heterocycles. The Labute approximate surface area is 128 Å². The predicted octanol–water partition coefficient (Wildman–Crippen LogP) is 3.77. The third-order valence-electron chi connectivity index (χ3n) is 4.80. The molecule has 0 aromatic heterocycles. The van der Waals surface area contributed by atoms with Crippen molar-refractivity contribution in [1.29, 1.82) is 0 Å². The van der Waals surface area contributed by atoms with Crippen molar-refractivity contribution >= 4 is 5.91 Å². The zero-order valence-electron chi connectivity index (χ0n) is 13.6. The van der Waals surface area contributed by atoms with Crippen molar-refractivity contribution in [3.05, 3.63) is 29.8 Å². The van der Waals surface area contributed by atoms with Gasteiger partial charge in [0.2, 0.25) is 5.91 Å². The number of hydrogen-bond donors (Lipinski definition) is 1. The average Bonchev–Trinajstić information content (AvgIpc) is 2.44. The van der Waals surface area contributed by atoms with E-state index in [0.29, 0.717) is 12.5 Å². The van der Waals surface area contributed by atoms with Gasteiger partial charge in [0, 0.05) is 12.5 Å². The molecule has 1 aliphatic carbocycles. The van der Waals surface area contributed by atoms with Gasteiger partial charge in [-0.15, -0.1) is 0 Å². The van der Waals surface area contributed by atoms with Crippen LogP contribution in [0.5, 0.6) is 5.75 Å². The standard InChI is InChI=1S/C18H27NO2/c1-13-6-5-11-18(2,3)16(13)17(20)19-12-14-7-9-15(21-4)10-8-14/h7-10,13,16H,5-6,11-12H2,1-4H3,(H,19,20). The van der Waals surface area contributed by atoms with Gasteiger partial charge in [0.15, 0.2) is 0 Å². The molecule has 21 heavy (non-hydrogen) atoms. The van der Waals surface area contributed by atoms with Crippen molar-refractivity contribution in [2.45, 2.75) is 46.6 Å². The summed E-state index contributed by atoms with van der Waals surface area (Å²) in [5, 5.41) is 3.11. The molecule has 1 N–H and O–H groups in total. The highest BCUT2D eigenvalue weighted by atomic mass is 16.5. The number of carbonyl (C=O) groups excluding carboxylic acids is 1. The summed E-state index contributed by atoms with van der Waals surface area (Å²) in [5.41, 5.74) is 1.20. The summed E-state index contributed by atoms with van der Waals surface area (Å²) in [5.74, 6) is 1.62. The zero-order chi connectivity index (χ0) is 15.5. The van der Waals surface area contributed by atoms with E-state index in [-0.39, 0.29) is 17.2 Å². The van der Waals surface area contributed by atoms with Crippen LogP contribution in [0.2, 0.25) is 0 Å². The second-order valence-electron chi connectivity index (χ2n) is 6.90. The highest BCUT2D eigenvalue weighted by Gasteiger charge is 2.41. The van der Waals surface area contributed by atoms with Crippen molar-refractivity contribution in [3.8, 4) is 5.75 Å². The molecule has 2 unspecified atom stereocenters. The fourth-order valence-corrected chi connectivity index (χ4v) is 3.63. The van der Waals surface area contributed by atoms with E-state index in [0.717, 1.165) is 24.2 Å². The van der Waals surface area contributed by atoms with Crippen LogP contribution in [0.3, 0.4) is 0 Å². The van der Waals surface area contributed by atoms with Crippen LogP contribution in [0.1, 0.15) is 45.6 Å². The van der Waals surface area contributed by atoms with Crippen molar-refractivity contribution in [1.82, 2.24) is 5.32 Å². The van der Waals surface area contributed by atoms with E-state index >= 15 is 0 Å². The van der Waals surface area contributed by atoms with Gasteiger partial charge in [0.05, 0.1) is 7.11 Å². The van der Waals surface area contributed by atoms with E-state index in [9.17, 15) is 4.79 Å². The molecule has 0 radical (unpaired) electrons. The molecule has 1 aromatic rings. The smallest absolute Gasteiger partial charge is 0.224 e. The van der Waals surface area contributed by atoms with E-state index in [1.807, 2.05) is 24.3 Å². The summed E-state index contributed by atoms with van der Waals surface area (Å²) < 4.78 is 5.14. The van der Waals surface area contributed by atoms with E-state index in [4.69, 9.17) is 4.74 Å². The largest absolute Gasteiger partial charge is 0.497 e. The Bertz CT molecular complexity index is 478. The summed E-state index contributed by atoms with van der Waals surface area (Å²) in [4.78, 5) is 12.6. The second kappa shape index (κ2) is 6.50. The summed E-state index contributed by atoms with van der Waals surface area (Å²) in [6.07, 6.45) is 3.53. The third-order valence-corrected chi connectivity index (χ3v) is 4.80. The highest BCUT2D eigenvalue weighted by molar-refractivity contribution is 5.79. The zero-order valence-corrected chi connectivity index (χ0v) is 13.6. The van der Waals surface area contributed by atoms with Crippen molar-refractivity contribution in [2.75, 3.05) is 7.11 Å². The maximum Gasteiger partial charge on any atom is 0.224 e. The number of carbonyl (C=O) groups is 1. The van der Waals surface area contributed by atoms with Crippen LogP contribution in [0.15, 0.2) is 24.3 Å². The van der Waals surface area contributed by atoms with Crippen LogP contribution in [0.4, 0.5) is 0 Å². The molecular formula is C18H27NO2. The molecule has 0 spiro atoms.